The molecule has 0 heterocycles. The monoisotopic (exact) mass is 311 g/mol. The molecule has 0 aliphatic heterocycles. The second-order valence-corrected chi connectivity index (χ2v) is 8.58. The fourth-order valence-corrected chi connectivity index (χ4v) is 4.87. The van der Waals surface area contributed by atoms with Crippen LogP contribution in [-0.2, 0) is 0 Å². The van der Waals surface area contributed by atoms with Crippen molar-refractivity contribution in [1.82, 2.24) is 0 Å². The quantitative estimate of drug-likeness (QED) is 0.378. The second-order valence-electron chi connectivity index (χ2n) is 8.58. The van der Waals surface area contributed by atoms with Crippen LogP contribution in [0.25, 0.3) is 0 Å². The number of rotatable bonds is 13. The van der Waals surface area contributed by atoms with Crippen LogP contribution in [0.3, 0.4) is 0 Å². The van der Waals surface area contributed by atoms with Crippen molar-refractivity contribution in [3.63, 3.8) is 0 Å². The van der Waals surface area contributed by atoms with Gasteiger partial charge >= 0.3 is 0 Å². The summed E-state index contributed by atoms with van der Waals surface area (Å²) >= 11 is 0. The molecule has 0 radical (unpaired) electrons. The van der Waals surface area contributed by atoms with Crippen molar-refractivity contribution in [2.75, 3.05) is 6.54 Å². The van der Waals surface area contributed by atoms with Crippen molar-refractivity contribution in [3.05, 3.63) is 0 Å². The van der Waals surface area contributed by atoms with E-state index < -0.39 is 0 Å². The van der Waals surface area contributed by atoms with E-state index in [0.29, 0.717) is 5.41 Å². The molecule has 1 heteroatoms. The van der Waals surface area contributed by atoms with Crippen LogP contribution in [-0.4, -0.2) is 6.54 Å². The van der Waals surface area contributed by atoms with Crippen LogP contribution in [0, 0.1) is 29.1 Å². The van der Waals surface area contributed by atoms with Crippen LogP contribution in [0.1, 0.15) is 99.8 Å². The predicted octanol–water partition coefficient (Wildman–Crippen LogP) is 6.66. The predicted molar refractivity (Wildman–Crippen MR) is 102 cm³/mol. The third-order valence-electron chi connectivity index (χ3n) is 5.71. The molecule has 0 amide bonds. The Labute approximate surface area is 141 Å². The summed E-state index contributed by atoms with van der Waals surface area (Å²) in [6, 6.07) is 0. The lowest BCUT2D eigenvalue weighted by Crippen LogP contribution is -2.37. The van der Waals surface area contributed by atoms with Crippen LogP contribution in [0.4, 0.5) is 0 Å². The molecule has 0 aliphatic carbocycles. The number of nitrogens with two attached hydrogens (primary N) is 1. The van der Waals surface area contributed by atoms with E-state index in [0.717, 1.165) is 30.2 Å². The van der Waals surface area contributed by atoms with Crippen molar-refractivity contribution in [3.8, 4) is 0 Å². The summed E-state index contributed by atoms with van der Waals surface area (Å²) in [4.78, 5) is 0. The smallest absolute Gasteiger partial charge is 0.00773 e. The summed E-state index contributed by atoms with van der Waals surface area (Å²) in [5, 5.41) is 0. The molecule has 0 rings (SSSR count). The highest BCUT2D eigenvalue weighted by atomic mass is 14.5. The van der Waals surface area contributed by atoms with Gasteiger partial charge in [-0.15, -0.1) is 0 Å². The molecule has 0 saturated carbocycles. The molecule has 0 aromatic rings. The molecule has 3 atom stereocenters. The topological polar surface area (TPSA) is 26.0 Å². The van der Waals surface area contributed by atoms with Crippen molar-refractivity contribution < 1.29 is 0 Å². The maximum atomic E-state index is 5.74. The minimum atomic E-state index is 0.455. The van der Waals surface area contributed by atoms with E-state index in [9.17, 15) is 0 Å². The minimum absolute atomic E-state index is 0.455. The zero-order valence-electron chi connectivity index (χ0n) is 16.8. The van der Waals surface area contributed by atoms with E-state index in [-0.39, 0.29) is 0 Å². The Hall–Kier alpha value is -0.0400. The van der Waals surface area contributed by atoms with Crippen molar-refractivity contribution >= 4 is 0 Å². The first-order valence-electron chi connectivity index (χ1n) is 10.0. The SMILES string of the molecule is CCCCC(C)C(CCCCN)C(C(C)C)C(C)(C)CCC. The molecule has 3 unspecified atom stereocenters. The van der Waals surface area contributed by atoms with Crippen molar-refractivity contribution in [1.29, 1.82) is 0 Å². The zero-order chi connectivity index (χ0) is 17.2. The fourth-order valence-electron chi connectivity index (χ4n) is 4.87. The lowest BCUT2D eigenvalue weighted by atomic mass is 9.60. The first-order chi connectivity index (χ1) is 10.3. The van der Waals surface area contributed by atoms with Gasteiger partial charge < -0.3 is 5.73 Å². The maximum absolute atomic E-state index is 5.74. The lowest BCUT2D eigenvalue weighted by molar-refractivity contribution is 0.0415. The molecule has 2 N–H and O–H groups in total. The van der Waals surface area contributed by atoms with E-state index in [1.807, 2.05) is 0 Å². The van der Waals surface area contributed by atoms with Gasteiger partial charge in [-0.2, -0.15) is 0 Å². The summed E-state index contributed by atoms with van der Waals surface area (Å²) in [6.45, 7) is 17.9. The Morgan fingerprint density at radius 3 is 1.95 bits per heavy atom. The van der Waals surface area contributed by atoms with Crippen LogP contribution in [0.2, 0.25) is 0 Å². The normalized spacial score (nSPS) is 16.8. The van der Waals surface area contributed by atoms with Gasteiger partial charge in [-0.05, 0) is 54.9 Å². The molecule has 0 saturated heterocycles. The van der Waals surface area contributed by atoms with Crippen LogP contribution in [0.5, 0.6) is 0 Å². The first kappa shape index (κ1) is 22.0. The fraction of sp³-hybridized carbons (Fsp3) is 1.00. The van der Waals surface area contributed by atoms with E-state index in [1.54, 1.807) is 0 Å². The Morgan fingerprint density at radius 1 is 0.864 bits per heavy atom. The molecule has 0 aromatic heterocycles. The van der Waals surface area contributed by atoms with Gasteiger partial charge in [0.1, 0.15) is 0 Å². The van der Waals surface area contributed by atoms with E-state index >= 15 is 0 Å². The van der Waals surface area contributed by atoms with E-state index in [4.69, 9.17) is 5.73 Å². The van der Waals surface area contributed by atoms with E-state index in [1.165, 1.54) is 51.4 Å². The van der Waals surface area contributed by atoms with Crippen molar-refractivity contribution in [2.24, 2.45) is 34.8 Å². The molecule has 0 aliphatic rings. The van der Waals surface area contributed by atoms with Crippen LogP contribution < -0.4 is 5.73 Å². The standard InChI is InChI=1S/C21H45N/c1-8-10-13-18(5)19(14-11-12-16-22)20(17(3)4)21(6,7)15-9-2/h17-20H,8-16,22H2,1-7H3. The number of unbranched alkanes of at least 4 members (excludes halogenated alkanes) is 2. The number of hydrogen-bond acceptors (Lipinski definition) is 1. The molecular formula is C21H45N. The molecule has 0 spiro atoms. The molecule has 0 fully saturated rings. The van der Waals surface area contributed by atoms with Crippen molar-refractivity contribution in [2.45, 2.75) is 99.8 Å². The average Bonchev–Trinajstić information content (AvgIpc) is 2.42. The summed E-state index contributed by atoms with van der Waals surface area (Å²) in [5.41, 5.74) is 6.20. The Morgan fingerprint density at radius 2 is 1.50 bits per heavy atom. The molecule has 0 bridgehead atoms. The third-order valence-corrected chi connectivity index (χ3v) is 5.71. The largest absolute Gasteiger partial charge is 0.330 e. The summed E-state index contributed by atoms with van der Waals surface area (Å²) in [5.74, 6) is 3.31. The Balaban J connectivity index is 5.17. The van der Waals surface area contributed by atoms with Gasteiger partial charge in [0.2, 0.25) is 0 Å². The summed E-state index contributed by atoms with van der Waals surface area (Å²) in [6.07, 6.45) is 10.6. The van der Waals surface area contributed by atoms with E-state index in [2.05, 4.69) is 48.5 Å². The highest BCUT2D eigenvalue weighted by molar-refractivity contribution is 4.87. The third kappa shape index (κ3) is 7.49. The van der Waals surface area contributed by atoms with Gasteiger partial charge in [-0.1, -0.05) is 80.6 Å². The average molecular weight is 312 g/mol. The summed E-state index contributed by atoms with van der Waals surface area (Å²) in [7, 11) is 0. The Bertz CT molecular complexity index is 257. The highest BCUT2D eigenvalue weighted by Crippen LogP contribution is 2.46. The van der Waals surface area contributed by atoms with Crippen LogP contribution >= 0.6 is 0 Å². The van der Waals surface area contributed by atoms with Gasteiger partial charge in [0.05, 0.1) is 0 Å². The molecule has 134 valence electrons. The Kier molecular flexibility index (Phi) is 11.5. The summed E-state index contributed by atoms with van der Waals surface area (Å²) < 4.78 is 0. The minimum Gasteiger partial charge on any atom is -0.330 e. The van der Waals surface area contributed by atoms with Gasteiger partial charge in [0, 0.05) is 0 Å². The molecule has 0 aromatic carbocycles. The molecule has 1 nitrogen and oxygen atoms in total. The first-order valence-corrected chi connectivity index (χ1v) is 10.0. The lowest BCUT2D eigenvalue weighted by Gasteiger charge is -2.45. The molecule has 22 heavy (non-hydrogen) atoms. The van der Waals surface area contributed by atoms with Gasteiger partial charge in [0.25, 0.3) is 0 Å². The maximum Gasteiger partial charge on any atom is -0.00773 e. The van der Waals surface area contributed by atoms with Crippen LogP contribution in [0.15, 0.2) is 0 Å². The highest BCUT2D eigenvalue weighted by Gasteiger charge is 2.38. The second kappa shape index (κ2) is 11.5. The molecular weight excluding hydrogens is 266 g/mol. The van der Waals surface area contributed by atoms with Gasteiger partial charge in [-0.3, -0.25) is 0 Å². The van der Waals surface area contributed by atoms with Gasteiger partial charge in [-0.25, -0.2) is 0 Å². The number of hydrogen-bond donors (Lipinski definition) is 1. The van der Waals surface area contributed by atoms with Gasteiger partial charge in [0.15, 0.2) is 0 Å². The zero-order valence-corrected chi connectivity index (χ0v) is 16.8.